The molecule has 0 spiro atoms. The monoisotopic (exact) mass is 226 g/mol. The zero-order valence-corrected chi connectivity index (χ0v) is 8.93. The van der Waals surface area contributed by atoms with Crippen LogP contribution in [0.1, 0.15) is 30.1 Å². The van der Waals surface area contributed by atoms with Gasteiger partial charge in [0.15, 0.2) is 5.78 Å². The Bertz CT molecular complexity index is 423. The summed E-state index contributed by atoms with van der Waals surface area (Å²) in [7, 11) is 0. The molecule has 0 aliphatic carbocycles. The van der Waals surface area contributed by atoms with E-state index in [0.717, 1.165) is 24.6 Å². The van der Waals surface area contributed by atoms with E-state index in [2.05, 4.69) is 0 Å². The van der Waals surface area contributed by atoms with Crippen LogP contribution in [0.25, 0.3) is 0 Å². The number of rotatable bonds is 2. The zero-order valence-electron chi connectivity index (χ0n) is 8.93. The van der Waals surface area contributed by atoms with Gasteiger partial charge in [0.2, 0.25) is 0 Å². The van der Waals surface area contributed by atoms with Gasteiger partial charge in [-0.05, 0) is 38.0 Å². The number of ketones is 1. The van der Waals surface area contributed by atoms with Crippen LogP contribution in [0.2, 0.25) is 0 Å². The van der Waals surface area contributed by atoms with Crippen molar-refractivity contribution in [1.82, 2.24) is 0 Å². The maximum atomic E-state index is 13.4. The average molecular weight is 226 g/mol. The summed E-state index contributed by atoms with van der Waals surface area (Å²) in [5, 5.41) is 0. The van der Waals surface area contributed by atoms with Crippen LogP contribution in [0.3, 0.4) is 0 Å². The van der Waals surface area contributed by atoms with Crippen molar-refractivity contribution in [2.75, 3.05) is 6.61 Å². The Labute approximate surface area is 92.2 Å². The fourth-order valence-corrected chi connectivity index (χ4v) is 1.91. The quantitative estimate of drug-likeness (QED) is 0.725. The van der Waals surface area contributed by atoms with Crippen molar-refractivity contribution < 1.29 is 18.3 Å². The second-order valence-corrected chi connectivity index (χ2v) is 4.14. The average Bonchev–Trinajstić information content (AvgIpc) is 2.69. The molecule has 1 aliphatic rings. The summed E-state index contributed by atoms with van der Waals surface area (Å²) >= 11 is 0. The second-order valence-electron chi connectivity index (χ2n) is 4.14. The van der Waals surface area contributed by atoms with Crippen molar-refractivity contribution >= 4 is 5.78 Å². The molecule has 0 bridgehead atoms. The Morgan fingerprint density at radius 1 is 1.44 bits per heavy atom. The predicted octanol–water partition coefficient (Wildman–Crippen LogP) is 2.72. The summed E-state index contributed by atoms with van der Waals surface area (Å²) in [4.78, 5) is 12.0. The van der Waals surface area contributed by atoms with Crippen LogP contribution < -0.4 is 0 Å². The molecular formula is C12H12F2O2. The molecule has 1 saturated heterocycles. The van der Waals surface area contributed by atoms with Crippen molar-refractivity contribution in [3.05, 3.63) is 35.4 Å². The van der Waals surface area contributed by atoms with Gasteiger partial charge >= 0.3 is 0 Å². The van der Waals surface area contributed by atoms with E-state index in [1.807, 2.05) is 0 Å². The standard InChI is InChI=1S/C12H12F2O2/c1-12(5-2-6-16-12)11(15)9-7-8(13)3-4-10(9)14/h3-4,7H,2,5-6H2,1H3. The normalized spacial score (nSPS) is 24.7. The lowest BCUT2D eigenvalue weighted by Gasteiger charge is -2.21. The number of hydrogen-bond donors (Lipinski definition) is 0. The summed E-state index contributed by atoms with van der Waals surface area (Å²) < 4.78 is 31.7. The zero-order chi connectivity index (χ0) is 11.8. The number of halogens is 2. The van der Waals surface area contributed by atoms with E-state index in [0.29, 0.717) is 13.0 Å². The molecule has 1 aromatic carbocycles. The van der Waals surface area contributed by atoms with Crippen LogP contribution in [-0.2, 0) is 4.74 Å². The lowest BCUT2D eigenvalue weighted by molar-refractivity contribution is 0.0209. The minimum absolute atomic E-state index is 0.232. The van der Waals surface area contributed by atoms with E-state index in [1.54, 1.807) is 6.92 Å². The number of hydrogen-bond acceptors (Lipinski definition) is 2. The molecule has 4 heteroatoms. The molecule has 0 aromatic heterocycles. The minimum Gasteiger partial charge on any atom is -0.367 e. The van der Waals surface area contributed by atoms with Crippen molar-refractivity contribution in [2.24, 2.45) is 0 Å². The first kappa shape index (κ1) is 11.2. The highest BCUT2D eigenvalue weighted by molar-refractivity contribution is 6.02. The van der Waals surface area contributed by atoms with Gasteiger partial charge in [-0.1, -0.05) is 0 Å². The summed E-state index contributed by atoms with van der Waals surface area (Å²) in [5.74, 6) is -1.81. The van der Waals surface area contributed by atoms with Gasteiger partial charge in [0.05, 0.1) is 5.56 Å². The van der Waals surface area contributed by atoms with Crippen LogP contribution in [0, 0.1) is 11.6 Å². The van der Waals surface area contributed by atoms with Crippen LogP contribution in [-0.4, -0.2) is 18.0 Å². The maximum Gasteiger partial charge on any atom is 0.197 e. The Hall–Kier alpha value is -1.29. The van der Waals surface area contributed by atoms with Crippen molar-refractivity contribution in [2.45, 2.75) is 25.4 Å². The molecule has 86 valence electrons. The first-order chi connectivity index (χ1) is 7.53. The third kappa shape index (κ3) is 1.85. The largest absolute Gasteiger partial charge is 0.367 e. The molecule has 1 atom stereocenters. The molecule has 1 heterocycles. The first-order valence-corrected chi connectivity index (χ1v) is 5.17. The van der Waals surface area contributed by atoms with Crippen LogP contribution >= 0.6 is 0 Å². The highest BCUT2D eigenvalue weighted by Crippen LogP contribution is 2.29. The van der Waals surface area contributed by atoms with Crippen molar-refractivity contribution in [3.8, 4) is 0 Å². The molecule has 2 rings (SSSR count). The van der Waals surface area contributed by atoms with Gasteiger partial charge < -0.3 is 4.74 Å². The highest BCUT2D eigenvalue weighted by Gasteiger charge is 2.39. The number of carbonyl (C=O) groups excluding carboxylic acids is 1. The van der Waals surface area contributed by atoms with E-state index in [9.17, 15) is 13.6 Å². The van der Waals surface area contributed by atoms with Gasteiger partial charge in [0.1, 0.15) is 17.2 Å². The lowest BCUT2D eigenvalue weighted by atomic mass is 9.92. The van der Waals surface area contributed by atoms with Crippen molar-refractivity contribution in [3.63, 3.8) is 0 Å². The van der Waals surface area contributed by atoms with Crippen LogP contribution in [0.4, 0.5) is 8.78 Å². The Kier molecular flexibility index (Phi) is 2.76. The van der Waals surface area contributed by atoms with Gasteiger partial charge in [0, 0.05) is 6.61 Å². The molecule has 1 aromatic rings. The highest BCUT2D eigenvalue weighted by atomic mass is 19.1. The summed E-state index contributed by atoms with van der Waals surface area (Å²) in [5.41, 5.74) is -1.24. The van der Waals surface area contributed by atoms with Crippen LogP contribution in [0.15, 0.2) is 18.2 Å². The smallest absolute Gasteiger partial charge is 0.197 e. The Balaban J connectivity index is 2.36. The van der Waals surface area contributed by atoms with E-state index >= 15 is 0 Å². The molecule has 0 radical (unpaired) electrons. The number of ether oxygens (including phenoxy) is 1. The number of carbonyl (C=O) groups is 1. The molecule has 1 unspecified atom stereocenters. The molecule has 0 N–H and O–H groups in total. The maximum absolute atomic E-state index is 13.4. The van der Waals surface area contributed by atoms with Crippen molar-refractivity contribution in [1.29, 1.82) is 0 Å². The van der Waals surface area contributed by atoms with Gasteiger partial charge in [-0.2, -0.15) is 0 Å². The molecule has 1 aliphatic heterocycles. The Morgan fingerprint density at radius 3 is 2.81 bits per heavy atom. The molecule has 2 nitrogen and oxygen atoms in total. The van der Waals surface area contributed by atoms with Gasteiger partial charge in [-0.15, -0.1) is 0 Å². The van der Waals surface area contributed by atoms with E-state index < -0.39 is 23.0 Å². The number of benzene rings is 1. The fraction of sp³-hybridized carbons (Fsp3) is 0.417. The molecule has 0 amide bonds. The fourth-order valence-electron chi connectivity index (χ4n) is 1.91. The van der Waals surface area contributed by atoms with Gasteiger partial charge in [0.25, 0.3) is 0 Å². The Morgan fingerprint density at radius 2 is 2.19 bits per heavy atom. The molecule has 16 heavy (non-hydrogen) atoms. The second kappa shape index (κ2) is 3.94. The summed E-state index contributed by atoms with van der Waals surface area (Å²) in [6.07, 6.45) is 1.31. The molecule has 1 fully saturated rings. The van der Waals surface area contributed by atoms with Gasteiger partial charge in [-0.25, -0.2) is 8.78 Å². The summed E-state index contributed by atoms with van der Waals surface area (Å²) in [6.45, 7) is 2.10. The van der Waals surface area contributed by atoms with Crippen LogP contribution in [0.5, 0.6) is 0 Å². The third-order valence-electron chi connectivity index (χ3n) is 2.87. The SMILES string of the molecule is CC1(C(=O)c2cc(F)ccc2F)CCCO1. The molecular weight excluding hydrogens is 214 g/mol. The minimum atomic E-state index is -1.01. The van der Waals surface area contributed by atoms with E-state index in [1.165, 1.54) is 0 Å². The van der Waals surface area contributed by atoms with E-state index in [-0.39, 0.29) is 5.56 Å². The van der Waals surface area contributed by atoms with Gasteiger partial charge in [-0.3, -0.25) is 4.79 Å². The topological polar surface area (TPSA) is 26.3 Å². The third-order valence-corrected chi connectivity index (χ3v) is 2.87. The van der Waals surface area contributed by atoms with E-state index in [4.69, 9.17) is 4.74 Å². The first-order valence-electron chi connectivity index (χ1n) is 5.17. The lowest BCUT2D eigenvalue weighted by Crippen LogP contribution is -2.35. The number of Topliss-reactive ketones (excluding diaryl/α,β-unsaturated/α-hetero) is 1. The molecule has 0 saturated carbocycles. The summed E-state index contributed by atoms with van der Waals surface area (Å²) in [6, 6.07) is 2.87. The predicted molar refractivity (Wildman–Crippen MR) is 54.3 cm³/mol.